The lowest BCUT2D eigenvalue weighted by Gasteiger charge is -2.08. The number of H-pyrrole nitrogens is 1. The van der Waals surface area contributed by atoms with E-state index in [1.165, 1.54) is 0 Å². The van der Waals surface area contributed by atoms with Crippen molar-refractivity contribution >= 4 is 38.3 Å². The van der Waals surface area contributed by atoms with Crippen molar-refractivity contribution in [3.05, 3.63) is 57.8 Å². The Bertz CT molecular complexity index is 850. The van der Waals surface area contributed by atoms with Gasteiger partial charge in [0.1, 0.15) is 0 Å². The highest BCUT2D eigenvalue weighted by molar-refractivity contribution is 9.10. The fraction of sp³-hybridized carbons (Fsp3) is 0.222. The molecule has 0 atom stereocenters. The number of halogens is 1. The van der Waals surface area contributed by atoms with Crippen molar-refractivity contribution in [3.8, 4) is 0 Å². The Labute approximate surface area is 143 Å². The second kappa shape index (κ2) is 6.54. The Morgan fingerprint density at radius 1 is 1.26 bits per heavy atom. The van der Waals surface area contributed by atoms with Gasteiger partial charge in [-0.25, -0.2) is 0 Å². The number of aromatic amines is 1. The second-order valence-electron chi connectivity index (χ2n) is 5.64. The average Bonchev–Trinajstić information content (AvgIpc) is 2.84. The van der Waals surface area contributed by atoms with E-state index in [1.807, 2.05) is 50.2 Å². The van der Waals surface area contributed by atoms with Crippen LogP contribution in [-0.4, -0.2) is 16.1 Å². The van der Waals surface area contributed by atoms with Crippen LogP contribution in [0.25, 0.3) is 10.8 Å². The number of nitrogens with zero attached hydrogens (tertiary/aromatic N) is 1. The van der Waals surface area contributed by atoms with Crippen molar-refractivity contribution in [2.75, 3.05) is 5.32 Å². The molecule has 0 spiro atoms. The molecule has 3 rings (SSSR count). The number of carbonyl (C=O) groups excluding carboxylic acids is 1. The normalized spacial score (nSPS) is 10.9. The van der Waals surface area contributed by atoms with Gasteiger partial charge in [0.2, 0.25) is 5.91 Å². The zero-order valence-corrected chi connectivity index (χ0v) is 14.7. The molecule has 2 aromatic carbocycles. The quantitative estimate of drug-likeness (QED) is 0.708. The highest BCUT2D eigenvalue weighted by Crippen LogP contribution is 2.26. The molecule has 23 heavy (non-hydrogen) atoms. The molecule has 2 N–H and O–H groups in total. The number of amides is 1. The minimum absolute atomic E-state index is 0.0133. The monoisotopic (exact) mass is 371 g/mol. The topological polar surface area (TPSA) is 57.8 Å². The first-order valence-corrected chi connectivity index (χ1v) is 8.32. The molecule has 0 aliphatic carbocycles. The van der Waals surface area contributed by atoms with Crippen LogP contribution < -0.4 is 5.32 Å². The second-order valence-corrected chi connectivity index (χ2v) is 6.49. The number of anilines is 1. The van der Waals surface area contributed by atoms with Crippen molar-refractivity contribution in [3.63, 3.8) is 0 Å². The molecule has 0 saturated heterocycles. The molecule has 0 unspecified atom stereocenters. The number of hydrogen-bond acceptors (Lipinski definition) is 2. The van der Waals surface area contributed by atoms with Crippen molar-refractivity contribution in [2.45, 2.75) is 26.7 Å². The molecular formula is C18H18BrN3O. The van der Waals surface area contributed by atoms with Gasteiger partial charge < -0.3 is 5.32 Å². The van der Waals surface area contributed by atoms with Crippen LogP contribution in [0.3, 0.4) is 0 Å². The zero-order chi connectivity index (χ0) is 16.4. The van der Waals surface area contributed by atoms with Crippen LogP contribution in [0.5, 0.6) is 0 Å². The summed E-state index contributed by atoms with van der Waals surface area (Å²) in [4.78, 5) is 12.2. The number of aromatic nitrogens is 2. The molecule has 5 heteroatoms. The summed E-state index contributed by atoms with van der Waals surface area (Å²) in [5, 5.41) is 12.3. The van der Waals surface area contributed by atoms with Gasteiger partial charge in [-0.2, -0.15) is 5.10 Å². The molecule has 1 heterocycles. The number of aryl methyl sites for hydroxylation is 2. The summed E-state index contributed by atoms with van der Waals surface area (Å²) in [6.07, 6.45) is 1.14. The highest BCUT2D eigenvalue weighted by atomic mass is 79.9. The lowest BCUT2D eigenvalue weighted by atomic mass is 10.1. The zero-order valence-electron chi connectivity index (χ0n) is 13.1. The molecule has 0 radical (unpaired) electrons. The molecule has 1 amide bonds. The van der Waals surface area contributed by atoms with Crippen LogP contribution in [0.2, 0.25) is 0 Å². The third-order valence-corrected chi connectivity index (χ3v) is 4.69. The Morgan fingerprint density at radius 2 is 2.09 bits per heavy atom. The highest BCUT2D eigenvalue weighted by Gasteiger charge is 2.10. The van der Waals surface area contributed by atoms with Crippen LogP contribution >= 0.6 is 15.9 Å². The average molecular weight is 372 g/mol. The molecule has 3 aromatic rings. The standard InChI is InChI=1S/C18H18BrN3O/c1-11-15(12(2)22-21-11)8-9-18(23)20-14-6-7-16-13(10-14)4-3-5-17(16)19/h3-7,10H,8-9H2,1-2H3,(H,20,23)(H,21,22). The number of fused-ring (bicyclic) bond motifs is 1. The number of benzene rings is 2. The van der Waals surface area contributed by atoms with Gasteiger partial charge in [-0.05, 0) is 54.8 Å². The summed E-state index contributed by atoms with van der Waals surface area (Å²) >= 11 is 3.54. The fourth-order valence-corrected chi connectivity index (χ4v) is 3.24. The van der Waals surface area contributed by atoms with Crippen LogP contribution in [0.4, 0.5) is 5.69 Å². The predicted octanol–water partition coefficient (Wildman–Crippen LogP) is 4.51. The van der Waals surface area contributed by atoms with E-state index in [9.17, 15) is 4.79 Å². The van der Waals surface area contributed by atoms with E-state index in [-0.39, 0.29) is 5.91 Å². The summed E-state index contributed by atoms with van der Waals surface area (Å²) in [6, 6.07) is 12.0. The lowest BCUT2D eigenvalue weighted by Crippen LogP contribution is -2.12. The van der Waals surface area contributed by atoms with E-state index in [1.54, 1.807) is 0 Å². The van der Waals surface area contributed by atoms with Gasteiger partial charge in [0.25, 0.3) is 0 Å². The van der Waals surface area contributed by atoms with E-state index < -0.39 is 0 Å². The van der Waals surface area contributed by atoms with E-state index in [0.717, 1.165) is 37.9 Å². The number of hydrogen-bond donors (Lipinski definition) is 2. The number of rotatable bonds is 4. The van der Waals surface area contributed by atoms with Gasteiger partial charge >= 0.3 is 0 Å². The van der Waals surface area contributed by atoms with Gasteiger partial charge in [-0.3, -0.25) is 9.89 Å². The third-order valence-electron chi connectivity index (χ3n) is 3.99. The van der Waals surface area contributed by atoms with Crippen molar-refractivity contribution in [1.82, 2.24) is 10.2 Å². The predicted molar refractivity (Wildman–Crippen MR) is 96.7 cm³/mol. The lowest BCUT2D eigenvalue weighted by molar-refractivity contribution is -0.116. The van der Waals surface area contributed by atoms with E-state index >= 15 is 0 Å². The van der Waals surface area contributed by atoms with Gasteiger partial charge in [0.15, 0.2) is 0 Å². The Morgan fingerprint density at radius 3 is 2.83 bits per heavy atom. The Kier molecular flexibility index (Phi) is 4.48. The molecule has 0 aliphatic rings. The van der Waals surface area contributed by atoms with Gasteiger partial charge in [0, 0.05) is 22.3 Å². The maximum Gasteiger partial charge on any atom is 0.224 e. The van der Waals surface area contributed by atoms with Crippen LogP contribution in [-0.2, 0) is 11.2 Å². The van der Waals surface area contributed by atoms with Gasteiger partial charge in [0.05, 0.1) is 5.69 Å². The van der Waals surface area contributed by atoms with Crippen molar-refractivity contribution in [2.24, 2.45) is 0 Å². The molecule has 4 nitrogen and oxygen atoms in total. The summed E-state index contributed by atoms with van der Waals surface area (Å²) < 4.78 is 1.05. The Hall–Kier alpha value is -2.14. The molecule has 0 bridgehead atoms. The molecule has 118 valence electrons. The molecule has 0 saturated carbocycles. The number of nitrogens with one attached hydrogen (secondary N) is 2. The minimum atomic E-state index is 0.0133. The van der Waals surface area contributed by atoms with Crippen LogP contribution in [0.15, 0.2) is 40.9 Å². The summed E-state index contributed by atoms with van der Waals surface area (Å²) in [7, 11) is 0. The van der Waals surface area contributed by atoms with Gasteiger partial charge in [-0.1, -0.05) is 34.1 Å². The molecular weight excluding hydrogens is 354 g/mol. The van der Waals surface area contributed by atoms with E-state index in [2.05, 4.69) is 31.4 Å². The SMILES string of the molecule is Cc1n[nH]c(C)c1CCC(=O)Nc1ccc2c(Br)cccc2c1. The van der Waals surface area contributed by atoms with Crippen LogP contribution in [0.1, 0.15) is 23.4 Å². The van der Waals surface area contributed by atoms with E-state index in [0.29, 0.717) is 12.8 Å². The van der Waals surface area contributed by atoms with Crippen molar-refractivity contribution < 1.29 is 4.79 Å². The fourth-order valence-electron chi connectivity index (χ4n) is 2.73. The van der Waals surface area contributed by atoms with Crippen LogP contribution in [0, 0.1) is 13.8 Å². The van der Waals surface area contributed by atoms with Gasteiger partial charge in [-0.15, -0.1) is 0 Å². The third kappa shape index (κ3) is 3.45. The summed E-state index contributed by atoms with van der Waals surface area (Å²) in [5.74, 6) is 0.0133. The van der Waals surface area contributed by atoms with Crippen molar-refractivity contribution in [1.29, 1.82) is 0 Å². The summed E-state index contributed by atoms with van der Waals surface area (Å²) in [6.45, 7) is 3.94. The number of carbonyl (C=O) groups is 1. The Balaban J connectivity index is 1.68. The molecule has 0 aliphatic heterocycles. The molecule has 1 aromatic heterocycles. The maximum absolute atomic E-state index is 12.2. The first kappa shape index (κ1) is 15.7. The minimum Gasteiger partial charge on any atom is -0.326 e. The largest absolute Gasteiger partial charge is 0.326 e. The smallest absolute Gasteiger partial charge is 0.224 e. The van der Waals surface area contributed by atoms with E-state index in [4.69, 9.17) is 0 Å². The summed E-state index contributed by atoms with van der Waals surface area (Å²) in [5.41, 5.74) is 3.94. The maximum atomic E-state index is 12.2. The first-order chi connectivity index (χ1) is 11.0. The molecule has 0 fully saturated rings. The first-order valence-electron chi connectivity index (χ1n) is 7.53.